The maximum absolute atomic E-state index is 6.21. The Labute approximate surface area is 129 Å². The first-order valence-electron chi connectivity index (χ1n) is 5.45. The van der Waals surface area contributed by atoms with Gasteiger partial charge in [-0.3, -0.25) is 0 Å². The molecule has 5 heteroatoms. The fraction of sp³-hybridized carbons (Fsp3) is 0.231. The second-order valence-corrected chi connectivity index (χ2v) is 7.40. The van der Waals surface area contributed by atoms with Gasteiger partial charge in [0, 0.05) is 9.90 Å². The number of hydrogen-bond acceptors (Lipinski definition) is 2. The molecular formula is C13H12BrCl2NS. The second kappa shape index (κ2) is 5.83. The summed E-state index contributed by atoms with van der Waals surface area (Å²) in [5, 5.41) is 4.80. The third-order valence-corrected chi connectivity index (χ3v) is 5.17. The highest BCUT2D eigenvalue weighted by atomic mass is 79.9. The van der Waals surface area contributed by atoms with Gasteiger partial charge in [0.15, 0.2) is 0 Å². The van der Waals surface area contributed by atoms with Crippen molar-refractivity contribution in [1.82, 2.24) is 0 Å². The first-order valence-corrected chi connectivity index (χ1v) is 7.81. The van der Waals surface area contributed by atoms with E-state index in [1.54, 1.807) is 11.3 Å². The van der Waals surface area contributed by atoms with Crippen LogP contribution in [-0.2, 0) is 0 Å². The van der Waals surface area contributed by atoms with Crippen LogP contribution >= 0.6 is 50.5 Å². The predicted molar refractivity (Wildman–Crippen MR) is 85.3 cm³/mol. The van der Waals surface area contributed by atoms with Crippen molar-refractivity contribution in [1.29, 1.82) is 0 Å². The SMILES string of the molecule is Cc1cc(Cl)c(NC(C)c2ccc(Br)s2)cc1Cl. The highest BCUT2D eigenvalue weighted by Gasteiger charge is 2.11. The van der Waals surface area contributed by atoms with E-state index >= 15 is 0 Å². The number of halogens is 3. The average molecular weight is 365 g/mol. The molecule has 1 heterocycles. The molecule has 0 aliphatic rings. The third kappa shape index (κ3) is 3.21. The lowest BCUT2D eigenvalue weighted by atomic mass is 10.2. The van der Waals surface area contributed by atoms with Gasteiger partial charge in [0.05, 0.1) is 20.5 Å². The average Bonchev–Trinajstić information content (AvgIpc) is 2.73. The fourth-order valence-corrected chi connectivity index (χ4v) is 3.48. The lowest BCUT2D eigenvalue weighted by Gasteiger charge is -2.16. The van der Waals surface area contributed by atoms with Gasteiger partial charge in [0.2, 0.25) is 0 Å². The zero-order valence-electron chi connectivity index (χ0n) is 9.93. The summed E-state index contributed by atoms with van der Waals surface area (Å²) < 4.78 is 1.12. The molecule has 0 spiro atoms. The van der Waals surface area contributed by atoms with E-state index in [9.17, 15) is 0 Å². The minimum atomic E-state index is 0.192. The van der Waals surface area contributed by atoms with Crippen LogP contribution in [0.25, 0.3) is 0 Å². The minimum Gasteiger partial charge on any atom is -0.376 e. The Balaban J connectivity index is 2.21. The van der Waals surface area contributed by atoms with Crippen LogP contribution in [0.15, 0.2) is 28.1 Å². The molecule has 0 saturated heterocycles. The summed E-state index contributed by atoms with van der Waals surface area (Å²) in [6.07, 6.45) is 0. The molecule has 1 unspecified atom stereocenters. The highest BCUT2D eigenvalue weighted by Crippen LogP contribution is 2.33. The van der Waals surface area contributed by atoms with Crippen molar-refractivity contribution in [3.05, 3.63) is 48.5 Å². The molecule has 0 amide bonds. The monoisotopic (exact) mass is 363 g/mol. The van der Waals surface area contributed by atoms with Gasteiger partial charge in [0.25, 0.3) is 0 Å². The molecule has 1 N–H and O–H groups in total. The van der Waals surface area contributed by atoms with Gasteiger partial charge in [-0.1, -0.05) is 23.2 Å². The van der Waals surface area contributed by atoms with Gasteiger partial charge in [-0.2, -0.15) is 0 Å². The summed E-state index contributed by atoms with van der Waals surface area (Å²) in [7, 11) is 0. The Morgan fingerprint density at radius 3 is 2.56 bits per heavy atom. The smallest absolute Gasteiger partial charge is 0.0702 e. The van der Waals surface area contributed by atoms with E-state index in [-0.39, 0.29) is 6.04 Å². The quantitative estimate of drug-likeness (QED) is 0.673. The summed E-state index contributed by atoms with van der Waals surface area (Å²) in [5.41, 5.74) is 1.85. The van der Waals surface area contributed by atoms with Crippen LogP contribution in [0, 0.1) is 6.92 Å². The summed E-state index contributed by atoms with van der Waals surface area (Å²) in [5.74, 6) is 0. The summed E-state index contributed by atoms with van der Waals surface area (Å²) >= 11 is 17.5. The third-order valence-electron chi connectivity index (χ3n) is 2.64. The van der Waals surface area contributed by atoms with Crippen LogP contribution in [-0.4, -0.2) is 0 Å². The van der Waals surface area contributed by atoms with E-state index in [1.165, 1.54) is 4.88 Å². The number of hydrogen-bond donors (Lipinski definition) is 1. The van der Waals surface area contributed by atoms with Crippen molar-refractivity contribution >= 4 is 56.2 Å². The second-order valence-electron chi connectivity index (χ2n) is 4.09. The zero-order chi connectivity index (χ0) is 13.3. The van der Waals surface area contributed by atoms with E-state index in [2.05, 4.69) is 34.2 Å². The number of rotatable bonds is 3. The lowest BCUT2D eigenvalue weighted by Crippen LogP contribution is -2.05. The highest BCUT2D eigenvalue weighted by molar-refractivity contribution is 9.11. The molecule has 1 nitrogen and oxygen atoms in total. The van der Waals surface area contributed by atoms with Crippen molar-refractivity contribution in [2.24, 2.45) is 0 Å². The molecule has 1 atom stereocenters. The largest absolute Gasteiger partial charge is 0.376 e. The van der Waals surface area contributed by atoms with E-state index in [4.69, 9.17) is 23.2 Å². The molecule has 0 saturated carbocycles. The van der Waals surface area contributed by atoms with Gasteiger partial charge >= 0.3 is 0 Å². The molecule has 0 radical (unpaired) electrons. The van der Waals surface area contributed by atoms with E-state index < -0.39 is 0 Å². The van der Waals surface area contributed by atoms with Gasteiger partial charge < -0.3 is 5.32 Å². The Kier molecular flexibility index (Phi) is 4.59. The van der Waals surface area contributed by atoms with Crippen LogP contribution in [0.3, 0.4) is 0 Å². The van der Waals surface area contributed by atoms with Crippen LogP contribution < -0.4 is 5.32 Å². The van der Waals surface area contributed by atoms with Crippen LogP contribution in [0.1, 0.15) is 23.4 Å². The van der Waals surface area contributed by atoms with Crippen molar-refractivity contribution in [2.45, 2.75) is 19.9 Å². The number of nitrogens with one attached hydrogen (secondary N) is 1. The van der Waals surface area contributed by atoms with E-state index in [0.717, 1.165) is 20.1 Å². The Hall–Kier alpha value is -0.220. The van der Waals surface area contributed by atoms with Crippen molar-refractivity contribution in [2.75, 3.05) is 5.32 Å². The van der Waals surface area contributed by atoms with Crippen LogP contribution in [0.2, 0.25) is 10.0 Å². The van der Waals surface area contributed by atoms with Gasteiger partial charge in [-0.15, -0.1) is 11.3 Å². The summed E-state index contributed by atoms with van der Waals surface area (Å²) in [6.45, 7) is 4.04. The molecule has 1 aromatic carbocycles. The molecule has 0 bridgehead atoms. The molecular weight excluding hydrogens is 353 g/mol. The molecule has 0 fully saturated rings. The molecule has 0 aliphatic carbocycles. The topological polar surface area (TPSA) is 12.0 Å². The Morgan fingerprint density at radius 2 is 1.94 bits per heavy atom. The standard InChI is InChI=1S/C13H12BrCl2NS/c1-7-5-10(16)11(6-9(7)15)17-8(2)12-3-4-13(14)18-12/h3-6,8,17H,1-2H3. The molecule has 0 aliphatic heterocycles. The number of anilines is 1. The normalized spacial score (nSPS) is 12.5. The Morgan fingerprint density at radius 1 is 1.22 bits per heavy atom. The van der Waals surface area contributed by atoms with Gasteiger partial charge in [-0.25, -0.2) is 0 Å². The van der Waals surface area contributed by atoms with Crippen molar-refractivity contribution < 1.29 is 0 Å². The first kappa shape index (κ1) is 14.2. The first-order chi connectivity index (χ1) is 8.47. The van der Waals surface area contributed by atoms with Gasteiger partial charge in [-0.05, 0) is 59.6 Å². The van der Waals surface area contributed by atoms with E-state index in [1.807, 2.05) is 25.1 Å². The summed E-state index contributed by atoms with van der Waals surface area (Å²) in [4.78, 5) is 1.25. The number of benzene rings is 1. The molecule has 1 aromatic heterocycles. The Bertz CT molecular complexity index is 568. The predicted octanol–water partition coefficient (Wildman–Crippen LogP) is 6.30. The number of aryl methyl sites for hydroxylation is 1. The molecule has 2 rings (SSSR count). The molecule has 96 valence electrons. The van der Waals surface area contributed by atoms with Crippen LogP contribution in [0.4, 0.5) is 5.69 Å². The zero-order valence-corrected chi connectivity index (χ0v) is 13.8. The van der Waals surface area contributed by atoms with Gasteiger partial charge in [0.1, 0.15) is 0 Å². The molecule has 18 heavy (non-hydrogen) atoms. The van der Waals surface area contributed by atoms with Crippen molar-refractivity contribution in [3.8, 4) is 0 Å². The summed E-state index contributed by atoms with van der Waals surface area (Å²) in [6, 6.07) is 8.08. The maximum atomic E-state index is 6.21. The lowest BCUT2D eigenvalue weighted by molar-refractivity contribution is 0.908. The number of thiophene rings is 1. The molecule has 2 aromatic rings. The maximum Gasteiger partial charge on any atom is 0.0702 e. The van der Waals surface area contributed by atoms with Crippen LogP contribution in [0.5, 0.6) is 0 Å². The van der Waals surface area contributed by atoms with E-state index in [0.29, 0.717) is 5.02 Å². The fourth-order valence-electron chi connectivity index (χ4n) is 1.62. The minimum absolute atomic E-state index is 0.192. The van der Waals surface area contributed by atoms with Crippen molar-refractivity contribution in [3.63, 3.8) is 0 Å².